The lowest BCUT2D eigenvalue weighted by atomic mass is 9.97. The van der Waals surface area contributed by atoms with Crippen molar-refractivity contribution in [1.82, 2.24) is 15.5 Å². The van der Waals surface area contributed by atoms with E-state index in [9.17, 15) is 0 Å². The molecule has 0 saturated heterocycles. The Morgan fingerprint density at radius 2 is 1.79 bits per heavy atom. The van der Waals surface area contributed by atoms with E-state index in [1.54, 1.807) is 0 Å². The minimum Gasteiger partial charge on any atom is -0.314 e. The molecule has 100 valence electrons. The number of benzene rings is 1. The third kappa shape index (κ3) is 3.38. The van der Waals surface area contributed by atoms with Crippen LogP contribution in [0.2, 0.25) is 0 Å². The molecule has 1 atom stereocenters. The summed E-state index contributed by atoms with van der Waals surface area (Å²) in [6.45, 7) is 5.21. The highest BCUT2D eigenvalue weighted by molar-refractivity contribution is 5.58. The van der Waals surface area contributed by atoms with Crippen LogP contribution in [0.3, 0.4) is 0 Å². The smallest absolute Gasteiger partial charge is 0.0929 e. The molecule has 0 bridgehead atoms. The summed E-state index contributed by atoms with van der Waals surface area (Å²) in [4.78, 5) is 0. The summed E-state index contributed by atoms with van der Waals surface area (Å²) in [5.74, 6) is 0.609. The van der Waals surface area contributed by atoms with Gasteiger partial charge < -0.3 is 5.32 Å². The lowest BCUT2D eigenvalue weighted by Crippen LogP contribution is -2.07. The van der Waals surface area contributed by atoms with Gasteiger partial charge in [0.15, 0.2) is 0 Å². The molecule has 19 heavy (non-hydrogen) atoms. The monoisotopic (exact) mass is 255 g/mol. The van der Waals surface area contributed by atoms with Crippen LogP contribution in [-0.4, -0.2) is 17.2 Å². The molecular weight excluding hydrogens is 234 g/mol. The van der Waals surface area contributed by atoms with Crippen LogP contribution >= 0.6 is 0 Å². The maximum Gasteiger partial charge on any atom is 0.0929 e. The fourth-order valence-electron chi connectivity index (χ4n) is 2.01. The predicted molar refractivity (Wildman–Crippen MR) is 78.9 cm³/mol. The van der Waals surface area contributed by atoms with Crippen molar-refractivity contribution >= 4 is 0 Å². The highest BCUT2D eigenvalue weighted by Crippen LogP contribution is 2.22. The Kier molecular flexibility index (Phi) is 4.63. The van der Waals surface area contributed by atoms with Crippen molar-refractivity contribution in [3.8, 4) is 11.3 Å². The zero-order chi connectivity index (χ0) is 13.7. The van der Waals surface area contributed by atoms with Gasteiger partial charge in [-0.15, -0.1) is 0 Å². The zero-order valence-electron chi connectivity index (χ0n) is 11.9. The van der Waals surface area contributed by atoms with E-state index in [1.165, 1.54) is 5.56 Å². The number of nitrogens with one attached hydrogen (secondary N) is 1. The number of nitrogens with zero attached hydrogens (tertiary/aromatic N) is 2. The molecule has 1 aromatic carbocycles. The molecule has 0 radical (unpaired) electrons. The van der Waals surface area contributed by atoms with Crippen molar-refractivity contribution in [3.63, 3.8) is 0 Å². The van der Waals surface area contributed by atoms with Crippen molar-refractivity contribution in [2.45, 2.75) is 32.7 Å². The highest BCUT2D eigenvalue weighted by Gasteiger charge is 2.04. The van der Waals surface area contributed by atoms with E-state index in [4.69, 9.17) is 0 Å². The van der Waals surface area contributed by atoms with Crippen molar-refractivity contribution in [3.05, 3.63) is 47.7 Å². The van der Waals surface area contributed by atoms with Gasteiger partial charge in [0, 0.05) is 12.1 Å². The van der Waals surface area contributed by atoms with Gasteiger partial charge in [-0.1, -0.05) is 38.1 Å². The van der Waals surface area contributed by atoms with E-state index in [0.29, 0.717) is 5.92 Å². The van der Waals surface area contributed by atoms with E-state index in [0.717, 1.165) is 29.9 Å². The molecule has 0 amide bonds. The van der Waals surface area contributed by atoms with Crippen molar-refractivity contribution < 1.29 is 0 Å². The van der Waals surface area contributed by atoms with Gasteiger partial charge in [-0.05, 0) is 37.1 Å². The van der Waals surface area contributed by atoms with Gasteiger partial charge in [0.2, 0.25) is 0 Å². The SMILES string of the molecule is CCC(C)c1ccc(-c2ccc(CNC)nn2)cc1. The predicted octanol–water partition coefficient (Wildman–Crippen LogP) is 3.38. The molecule has 1 unspecified atom stereocenters. The van der Waals surface area contributed by atoms with Crippen LogP contribution in [0.1, 0.15) is 37.4 Å². The fourth-order valence-corrected chi connectivity index (χ4v) is 2.01. The van der Waals surface area contributed by atoms with E-state index < -0.39 is 0 Å². The van der Waals surface area contributed by atoms with Crippen LogP contribution in [0.25, 0.3) is 11.3 Å². The summed E-state index contributed by atoms with van der Waals surface area (Å²) in [5.41, 5.74) is 4.39. The molecule has 0 aliphatic rings. The van der Waals surface area contributed by atoms with Crippen molar-refractivity contribution in [2.24, 2.45) is 0 Å². The van der Waals surface area contributed by atoms with Crippen molar-refractivity contribution in [1.29, 1.82) is 0 Å². The molecule has 0 aliphatic heterocycles. The molecule has 0 fully saturated rings. The Labute approximate surface area is 115 Å². The normalized spacial score (nSPS) is 12.4. The lowest BCUT2D eigenvalue weighted by molar-refractivity contribution is 0.733. The second-order valence-corrected chi connectivity index (χ2v) is 4.87. The second-order valence-electron chi connectivity index (χ2n) is 4.87. The Balaban J connectivity index is 2.17. The van der Waals surface area contributed by atoms with Crippen LogP contribution in [0, 0.1) is 0 Å². The summed E-state index contributed by atoms with van der Waals surface area (Å²) >= 11 is 0. The molecule has 2 aromatic rings. The van der Waals surface area contributed by atoms with E-state index in [1.807, 2.05) is 19.2 Å². The van der Waals surface area contributed by atoms with Crippen LogP contribution in [0.4, 0.5) is 0 Å². The molecule has 1 N–H and O–H groups in total. The minimum atomic E-state index is 0.609. The average molecular weight is 255 g/mol. The molecule has 2 rings (SSSR count). The minimum absolute atomic E-state index is 0.609. The summed E-state index contributed by atoms with van der Waals surface area (Å²) in [7, 11) is 1.91. The first-order valence-electron chi connectivity index (χ1n) is 6.82. The number of aromatic nitrogens is 2. The first-order chi connectivity index (χ1) is 9.24. The highest BCUT2D eigenvalue weighted by atomic mass is 15.1. The van der Waals surface area contributed by atoms with Gasteiger partial charge in [0.1, 0.15) is 0 Å². The number of hydrogen-bond donors (Lipinski definition) is 1. The second kappa shape index (κ2) is 6.43. The maximum absolute atomic E-state index is 4.27. The maximum atomic E-state index is 4.27. The largest absolute Gasteiger partial charge is 0.314 e. The quantitative estimate of drug-likeness (QED) is 0.890. The molecule has 0 aliphatic carbocycles. The van der Waals surface area contributed by atoms with Gasteiger partial charge >= 0.3 is 0 Å². The van der Waals surface area contributed by atoms with E-state index in [-0.39, 0.29) is 0 Å². The number of hydrogen-bond acceptors (Lipinski definition) is 3. The van der Waals surface area contributed by atoms with Gasteiger partial charge in [0.05, 0.1) is 11.4 Å². The lowest BCUT2D eigenvalue weighted by Gasteiger charge is -2.09. The molecule has 1 aromatic heterocycles. The van der Waals surface area contributed by atoms with E-state index >= 15 is 0 Å². The Bertz CT molecular complexity index is 503. The van der Waals surface area contributed by atoms with Crippen LogP contribution in [0.15, 0.2) is 36.4 Å². The molecule has 1 heterocycles. The first-order valence-corrected chi connectivity index (χ1v) is 6.82. The summed E-state index contributed by atoms with van der Waals surface area (Å²) in [5, 5.41) is 11.5. The number of rotatable bonds is 5. The van der Waals surface area contributed by atoms with Crippen LogP contribution < -0.4 is 5.32 Å². The third-order valence-electron chi connectivity index (χ3n) is 3.47. The van der Waals surface area contributed by atoms with Gasteiger partial charge in [0.25, 0.3) is 0 Å². The summed E-state index contributed by atoms with van der Waals surface area (Å²) in [6, 6.07) is 12.7. The Hall–Kier alpha value is -1.74. The zero-order valence-corrected chi connectivity index (χ0v) is 11.9. The standard InChI is InChI=1S/C16H21N3/c1-4-12(2)13-5-7-14(8-6-13)16-10-9-15(11-17-3)18-19-16/h5-10,12,17H,4,11H2,1-3H3. The van der Waals surface area contributed by atoms with Gasteiger partial charge in [-0.25, -0.2) is 0 Å². The summed E-state index contributed by atoms with van der Waals surface area (Å²) < 4.78 is 0. The average Bonchev–Trinajstić information content (AvgIpc) is 2.48. The molecule has 0 saturated carbocycles. The molecule has 3 heteroatoms. The third-order valence-corrected chi connectivity index (χ3v) is 3.47. The molecule has 3 nitrogen and oxygen atoms in total. The Morgan fingerprint density at radius 1 is 1.05 bits per heavy atom. The molecular formula is C16H21N3. The van der Waals surface area contributed by atoms with E-state index in [2.05, 4.69) is 53.6 Å². The van der Waals surface area contributed by atoms with Crippen LogP contribution in [0.5, 0.6) is 0 Å². The molecule has 0 spiro atoms. The fraction of sp³-hybridized carbons (Fsp3) is 0.375. The van der Waals surface area contributed by atoms with Crippen LogP contribution in [-0.2, 0) is 6.54 Å². The Morgan fingerprint density at radius 3 is 2.32 bits per heavy atom. The van der Waals surface area contributed by atoms with Crippen molar-refractivity contribution in [2.75, 3.05) is 7.05 Å². The van der Waals surface area contributed by atoms with Gasteiger partial charge in [-0.2, -0.15) is 10.2 Å². The topological polar surface area (TPSA) is 37.8 Å². The first kappa shape index (κ1) is 13.7. The van der Waals surface area contributed by atoms with Gasteiger partial charge in [-0.3, -0.25) is 0 Å². The summed E-state index contributed by atoms with van der Waals surface area (Å²) in [6.07, 6.45) is 1.16.